The number of hydrogen-bond acceptors (Lipinski definition) is 4. The lowest BCUT2D eigenvalue weighted by Gasteiger charge is -2.38. The molecule has 3 aliphatic rings. The maximum Gasteiger partial charge on any atom is 0.331 e. The lowest BCUT2D eigenvalue weighted by molar-refractivity contribution is -0.153. The fourth-order valence-corrected chi connectivity index (χ4v) is 3.45. The van der Waals surface area contributed by atoms with Crippen molar-refractivity contribution in [3.8, 4) is 0 Å². The van der Waals surface area contributed by atoms with Crippen LogP contribution >= 0.6 is 0 Å². The number of carboxylic acid groups (broad SMARTS) is 1. The van der Waals surface area contributed by atoms with Gasteiger partial charge >= 0.3 is 5.97 Å². The molecular formula is C13H18N4O2. The van der Waals surface area contributed by atoms with E-state index >= 15 is 0 Å². The first-order chi connectivity index (χ1) is 9.22. The normalized spacial score (nSPS) is 25.3. The van der Waals surface area contributed by atoms with Crippen LogP contribution in [-0.2, 0) is 10.3 Å². The molecule has 0 spiro atoms. The van der Waals surface area contributed by atoms with Gasteiger partial charge in [-0.05, 0) is 67.2 Å². The van der Waals surface area contributed by atoms with Crippen molar-refractivity contribution >= 4 is 5.97 Å². The Labute approximate surface area is 111 Å². The first-order valence-electron chi connectivity index (χ1n) is 7.24. The van der Waals surface area contributed by atoms with Gasteiger partial charge in [0.25, 0.3) is 0 Å². The van der Waals surface area contributed by atoms with E-state index in [-0.39, 0.29) is 0 Å². The van der Waals surface area contributed by atoms with Crippen LogP contribution in [0.1, 0.15) is 56.7 Å². The van der Waals surface area contributed by atoms with Crippen molar-refractivity contribution in [1.82, 2.24) is 20.2 Å². The minimum Gasteiger partial charge on any atom is -0.479 e. The summed E-state index contributed by atoms with van der Waals surface area (Å²) < 4.78 is 1.65. The zero-order valence-electron chi connectivity index (χ0n) is 10.8. The third kappa shape index (κ3) is 1.61. The topological polar surface area (TPSA) is 80.9 Å². The average Bonchev–Trinajstić information content (AvgIpc) is 3.19. The number of rotatable bonds is 5. The second kappa shape index (κ2) is 3.77. The van der Waals surface area contributed by atoms with Gasteiger partial charge in [-0.2, -0.15) is 0 Å². The molecule has 102 valence electrons. The van der Waals surface area contributed by atoms with Crippen LogP contribution in [-0.4, -0.2) is 31.3 Å². The Kier molecular flexibility index (Phi) is 2.26. The van der Waals surface area contributed by atoms with Gasteiger partial charge in [0, 0.05) is 5.92 Å². The molecule has 0 saturated heterocycles. The summed E-state index contributed by atoms with van der Waals surface area (Å²) in [5.74, 6) is 1.82. The van der Waals surface area contributed by atoms with E-state index in [2.05, 4.69) is 15.5 Å². The van der Waals surface area contributed by atoms with Crippen molar-refractivity contribution in [3.05, 3.63) is 5.82 Å². The summed E-state index contributed by atoms with van der Waals surface area (Å²) in [7, 11) is 0. The predicted octanol–water partition coefficient (Wildman–Crippen LogP) is 1.54. The Hall–Kier alpha value is -1.46. The zero-order valence-corrected chi connectivity index (χ0v) is 10.8. The Morgan fingerprint density at radius 2 is 1.89 bits per heavy atom. The molecule has 1 N–H and O–H groups in total. The molecule has 0 aliphatic heterocycles. The molecule has 3 fully saturated rings. The third-order valence-electron chi connectivity index (χ3n) is 5.04. The lowest BCUT2D eigenvalue weighted by Crippen LogP contribution is -2.49. The molecule has 0 atom stereocenters. The van der Waals surface area contributed by atoms with Crippen LogP contribution in [0, 0.1) is 11.8 Å². The van der Waals surface area contributed by atoms with Crippen LogP contribution in [0.2, 0.25) is 0 Å². The van der Waals surface area contributed by atoms with Crippen molar-refractivity contribution < 1.29 is 9.90 Å². The van der Waals surface area contributed by atoms with Crippen molar-refractivity contribution in [2.75, 3.05) is 0 Å². The third-order valence-corrected chi connectivity index (χ3v) is 5.04. The number of carbonyl (C=O) groups is 1. The van der Waals surface area contributed by atoms with Crippen molar-refractivity contribution in [2.45, 2.75) is 56.4 Å². The first kappa shape index (κ1) is 11.4. The Balaban J connectivity index is 1.73. The molecule has 1 aromatic rings. The molecule has 0 amide bonds. The molecule has 6 heteroatoms. The van der Waals surface area contributed by atoms with Crippen LogP contribution in [0.5, 0.6) is 0 Å². The van der Waals surface area contributed by atoms with E-state index in [1.54, 1.807) is 4.68 Å². The maximum atomic E-state index is 11.6. The quantitative estimate of drug-likeness (QED) is 0.870. The van der Waals surface area contributed by atoms with E-state index in [1.165, 1.54) is 25.7 Å². The van der Waals surface area contributed by atoms with E-state index in [0.717, 1.165) is 12.2 Å². The highest BCUT2D eigenvalue weighted by Gasteiger charge is 2.52. The number of aliphatic carboxylic acids is 1. The Morgan fingerprint density at radius 1 is 1.26 bits per heavy atom. The van der Waals surface area contributed by atoms with E-state index in [4.69, 9.17) is 0 Å². The molecule has 19 heavy (non-hydrogen) atoms. The van der Waals surface area contributed by atoms with Gasteiger partial charge in [0.05, 0.1) is 0 Å². The van der Waals surface area contributed by atoms with E-state index < -0.39 is 11.5 Å². The molecule has 6 nitrogen and oxygen atoms in total. The van der Waals surface area contributed by atoms with Gasteiger partial charge in [0.15, 0.2) is 11.4 Å². The second-order valence-corrected chi connectivity index (χ2v) is 6.34. The smallest absolute Gasteiger partial charge is 0.331 e. The summed E-state index contributed by atoms with van der Waals surface area (Å²) >= 11 is 0. The summed E-state index contributed by atoms with van der Waals surface area (Å²) in [6.07, 6.45) is 7.23. The lowest BCUT2D eigenvalue weighted by atomic mass is 9.76. The Morgan fingerprint density at radius 3 is 2.32 bits per heavy atom. The predicted molar refractivity (Wildman–Crippen MR) is 65.5 cm³/mol. The maximum absolute atomic E-state index is 11.6. The summed E-state index contributed by atoms with van der Waals surface area (Å²) in [5.41, 5.74) is -0.860. The van der Waals surface area contributed by atoms with Gasteiger partial charge in [0.1, 0.15) is 0 Å². The van der Waals surface area contributed by atoms with Crippen LogP contribution < -0.4 is 0 Å². The van der Waals surface area contributed by atoms with Crippen LogP contribution in [0.3, 0.4) is 0 Å². The minimum atomic E-state index is -0.860. The molecule has 0 aromatic carbocycles. The molecule has 1 heterocycles. The van der Waals surface area contributed by atoms with Gasteiger partial charge in [-0.25, -0.2) is 9.48 Å². The second-order valence-electron chi connectivity index (χ2n) is 6.34. The van der Waals surface area contributed by atoms with Crippen LogP contribution in [0.4, 0.5) is 0 Å². The minimum absolute atomic E-state index is 0.395. The molecule has 3 aliphatic carbocycles. The summed E-state index contributed by atoms with van der Waals surface area (Å²) in [4.78, 5) is 11.6. The highest BCUT2D eigenvalue weighted by Crippen LogP contribution is 2.55. The highest BCUT2D eigenvalue weighted by molar-refractivity contribution is 5.77. The molecule has 0 unspecified atom stereocenters. The number of hydrogen-bond donors (Lipinski definition) is 1. The Bertz CT molecular complexity index is 502. The van der Waals surface area contributed by atoms with Gasteiger partial charge < -0.3 is 5.11 Å². The van der Waals surface area contributed by atoms with Gasteiger partial charge in [0.2, 0.25) is 0 Å². The van der Waals surface area contributed by atoms with Gasteiger partial charge in [-0.15, -0.1) is 5.10 Å². The molecule has 3 saturated carbocycles. The first-order valence-corrected chi connectivity index (χ1v) is 7.24. The fourth-order valence-electron chi connectivity index (χ4n) is 3.45. The van der Waals surface area contributed by atoms with Crippen molar-refractivity contribution in [1.29, 1.82) is 0 Å². The van der Waals surface area contributed by atoms with E-state index in [9.17, 15) is 9.90 Å². The van der Waals surface area contributed by atoms with Crippen molar-refractivity contribution in [2.24, 2.45) is 11.8 Å². The number of carboxylic acids is 1. The standard InChI is InChI=1S/C13H18N4O2/c18-12(19)13(6-1-7-13)17-11(14-15-16-17)10(8-2-3-8)9-4-5-9/h8-10H,1-7H2,(H,18,19). The molecule has 0 bridgehead atoms. The summed E-state index contributed by atoms with van der Waals surface area (Å²) in [6.45, 7) is 0. The fraction of sp³-hybridized carbons (Fsp3) is 0.846. The number of nitrogens with zero attached hydrogens (tertiary/aromatic N) is 4. The van der Waals surface area contributed by atoms with Crippen LogP contribution in [0.15, 0.2) is 0 Å². The van der Waals surface area contributed by atoms with Gasteiger partial charge in [-0.1, -0.05) is 0 Å². The summed E-state index contributed by atoms with van der Waals surface area (Å²) in [6, 6.07) is 0. The van der Waals surface area contributed by atoms with Gasteiger partial charge in [-0.3, -0.25) is 0 Å². The van der Waals surface area contributed by atoms with E-state index in [0.29, 0.717) is 30.6 Å². The zero-order chi connectivity index (χ0) is 13.0. The van der Waals surface area contributed by atoms with Crippen molar-refractivity contribution in [3.63, 3.8) is 0 Å². The monoisotopic (exact) mass is 262 g/mol. The highest BCUT2D eigenvalue weighted by atomic mass is 16.4. The number of aromatic nitrogens is 4. The van der Waals surface area contributed by atoms with Crippen LogP contribution in [0.25, 0.3) is 0 Å². The largest absolute Gasteiger partial charge is 0.479 e. The molecular weight excluding hydrogens is 244 g/mol. The van der Waals surface area contributed by atoms with E-state index in [1.807, 2.05) is 0 Å². The SMILES string of the molecule is O=C(O)C1(n2nnnc2C(C2CC2)C2CC2)CCC1. The average molecular weight is 262 g/mol. The molecule has 1 aromatic heterocycles. The summed E-state index contributed by atoms with van der Waals surface area (Å²) in [5, 5.41) is 21.6. The molecule has 4 rings (SSSR count). The molecule has 0 radical (unpaired) electrons. The number of tetrazole rings is 1.